The maximum Gasteiger partial charge on any atom is 0.422 e. The summed E-state index contributed by atoms with van der Waals surface area (Å²) in [5.74, 6) is -1.27. The molecule has 28 heavy (non-hydrogen) atoms. The molecule has 148 valence electrons. The Morgan fingerprint density at radius 2 is 2.00 bits per heavy atom. The van der Waals surface area contributed by atoms with E-state index in [9.17, 15) is 22.4 Å². The van der Waals surface area contributed by atoms with Gasteiger partial charge in [0.25, 0.3) is 5.91 Å². The van der Waals surface area contributed by atoms with Gasteiger partial charge in [-0.2, -0.15) is 13.2 Å². The fourth-order valence-electron chi connectivity index (χ4n) is 3.14. The normalized spacial score (nSPS) is 12.9. The van der Waals surface area contributed by atoms with E-state index < -0.39 is 30.5 Å². The first-order chi connectivity index (χ1) is 13.1. The fraction of sp³-hybridized carbons (Fsp3) is 0.263. The number of rotatable bonds is 5. The Bertz CT molecular complexity index is 1040. The highest BCUT2D eigenvalue weighted by molar-refractivity contribution is 5.98. The van der Waals surface area contributed by atoms with Crippen LogP contribution in [-0.4, -0.2) is 28.2 Å². The zero-order valence-electron chi connectivity index (χ0n) is 15.0. The number of carbonyl (C=O) groups is 1. The van der Waals surface area contributed by atoms with Gasteiger partial charge in [0.05, 0.1) is 6.04 Å². The molecule has 0 saturated heterocycles. The summed E-state index contributed by atoms with van der Waals surface area (Å²) in [5.41, 5.74) is 6.70. The van der Waals surface area contributed by atoms with E-state index in [0.29, 0.717) is 16.5 Å². The summed E-state index contributed by atoms with van der Waals surface area (Å²) in [7, 11) is 0. The van der Waals surface area contributed by atoms with E-state index in [2.05, 4.69) is 4.98 Å². The number of aryl methyl sites for hydroxylation is 1. The van der Waals surface area contributed by atoms with Crippen LogP contribution in [0.5, 0.6) is 5.75 Å². The molecule has 3 rings (SSSR count). The zero-order valence-corrected chi connectivity index (χ0v) is 15.0. The van der Waals surface area contributed by atoms with Gasteiger partial charge in [0.1, 0.15) is 23.0 Å². The summed E-state index contributed by atoms with van der Waals surface area (Å²) < 4.78 is 58.0. The SMILES string of the molecule is Cc1ccnc([C@@H](C)n2c(C(N)=O)cc3cc(F)ccc32)c1OCC(F)(F)F. The summed E-state index contributed by atoms with van der Waals surface area (Å²) in [5, 5.41) is 0.436. The van der Waals surface area contributed by atoms with E-state index in [-0.39, 0.29) is 17.1 Å². The number of hydrogen-bond donors (Lipinski definition) is 1. The molecule has 0 aliphatic carbocycles. The molecular weight excluding hydrogens is 378 g/mol. The van der Waals surface area contributed by atoms with Gasteiger partial charge in [-0.3, -0.25) is 9.78 Å². The molecule has 1 atom stereocenters. The number of halogens is 4. The van der Waals surface area contributed by atoms with Gasteiger partial charge in [-0.15, -0.1) is 0 Å². The van der Waals surface area contributed by atoms with Crippen molar-refractivity contribution < 1.29 is 27.1 Å². The third-order valence-corrected chi connectivity index (χ3v) is 4.35. The fourth-order valence-corrected chi connectivity index (χ4v) is 3.14. The first-order valence-corrected chi connectivity index (χ1v) is 8.34. The minimum atomic E-state index is -4.52. The van der Waals surface area contributed by atoms with E-state index in [1.165, 1.54) is 41.1 Å². The van der Waals surface area contributed by atoms with Crippen molar-refractivity contribution in [2.45, 2.75) is 26.1 Å². The van der Waals surface area contributed by atoms with Crippen LogP contribution < -0.4 is 10.5 Å². The number of amides is 1. The molecule has 2 aromatic heterocycles. The van der Waals surface area contributed by atoms with E-state index in [1.54, 1.807) is 13.8 Å². The first-order valence-electron chi connectivity index (χ1n) is 8.34. The number of nitrogens with two attached hydrogens (primary N) is 1. The van der Waals surface area contributed by atoms with Crippen molar-refractivity contribution in [1.82, 2.24) is 9.55 Å². The lowest BCUT2D eigenvalue weighted by Gasteiger charge is -2.22. The second-order valence-corrected chi connectivity index (χ2v) is 6.39. The van der Waals surface area contributed by atoms with E-state index in [4.69, 9.17) is 10.5 Å². The monoisotopic (exact) mass is 395 g/mol. The Kier molecular flexibility index (Phi) is 5.01. The van der Waals surface area contributed by atoms with Crippen LogP contribution in [0.3, 0.4) is 0 Å². The van der Waals surface area contributed by atoms with Crippen molar-refractivity contribution in [3.63, 3.8) is 0 Å². The van der Waals surface area contributed by atoms with Crippen molar-refractivity contribution >= 4 is 16.8 Å². The lowest BCUT2D eigenvalue weighted by molar-refractivity contribution is -0.153. The Morgan fingerprint density at radius 1 is 1.29 bits per heavy atom. The van der Waals surface area contributed by atoms with Gasteiger partial charge in [0.2, 0.25) is 0 Å². The number of hydrogen-bond acceptors (Lipinski definition) is 3. The van der Waals surface area contributed by atoms with Crippen molar-refractivity contribution in [3.8, 4) is 5.75 Å². The largest absolute Gasteiger partial charge is 0.482 e. The van der Waals surface area contributed by atoms with Gasteiger partial charge in [-0.25, -0.2) is 4.39 Å². The van der Waals surface area contributed by atoms with Crippen LogP contribution in [0.1, 0.15) is 34.7 Å². The zero-order chi connectivity index (χ0) is 20.6. The molecule has 9 heteroatoms. The minimum absolute atomic E-state index is 0.0216. The third-order valence-electron chi connectivity index (χ3n) is 4.35. The first kappa shape index (κ1) is 19.7. The van der Waals surface area contributed by atoms with Gasteiger partial charge < -0.3 is 15.0 Å². The van der Waals surface area contributed by atoms with Crippen LogP contribution in [0.4, 0.5) is 17.6 Å². The van der Waals surface area contributed by atoms with Crippen molar-refractivity contribution in [3.05, 3.63) is 59.3 Å². The number of benzene rings is 1. The molecule has 2 N–H and O–H groups in total. The molecule has 0 aliphatic rings. The summed E-state index contributed by atoms with van der Waals surface area (Å²) in [6.07, 6.45) is -3.07. The third kappa shape index (κ3) is 3.78. The molecule has 2 heterocycles. The highest BCUT2D eigenvalue weighted by Gasteiger charge is 2.30. The van der Waals surface area contributed by atoms with Crippen LogP contribution in [0.2, 0.25) is 0 Å². The Balaban J connectivity index is 2.15. The van der Waals surface area contributed by atoms with Gasteiger partial charge in [-0.05, 0) is 49.7 Å². The number of aromatic nitrogens is 2. The number of primary amides is 1. The van der Waals surface area contributed by atoms with Crippen LogP contribution >= 0.6 is 0 Å². The summed E-state index contributed by atoms with van der Waals surface area (Å²) in [6.45, 7) is 1.78. The van der Waals surface area contributed by atoms with Crippen molar-refractivity contribution in [2.75, 3.05) is 6.61 Å². The smallest absolute Gasteiger partial charge is 0.422 e. The highest BCUT2D eigenvalue weighted by atomic mass is 19.4. The number of alkyl halides is 3. The van der Waals surface area contributed by atoms with Gasteiger partial charge in [0.15, 0.2) is 6.61 Å². The number of pyridine rings is 1. The van der Waals surface area contributed by atoms with E-state index in [1.807, 2.05) is 0 Å². The minimum Gasteiger partial charge on any atom is -0.482 e. The standard InChI is InChI=1S/C19H17F4N3O2/c1-10-5-6-25-16(17(10)28-9-19(21,22)23)11(2)26-14-4-3-13(20)7-12(14)8-15(26)18(24)27/h3-8,11H,9H2,1-2H3,(H2,24,27)/t11-/m1/s1. The van der Waals surface area contributed by atoms with Gasteiger partial charge in [-0.1, -0.05) is 0 Å². The quantitative estimate of drug-likeness (QED) is 0.661. The molecule has 0 saturated carbocycles. The molecule has 0 aliphatic heterocycles. The van der Waals surface area contributed by atoms with Crippen molar-refractivity contribution in [1.29, 1.82) is 0 Å². The summed E-state index contributed by atoms with van der Waals surface area (Å²) >= 11 is 0. The second kappa shape index (κ2) is 7.14. The molecule has 5 nitrogen and oxygen atoms in total. The second-order valence-electron chi connectivity index (χ2n) is 6.39. The van der Waals surface area contributed by atoms with Gasteiger partial charge >= 0.3 is 6.18 Å². The number of carbonyl (C=O) groups excluding carboxylic acids is 1. The molecule has 3 aromatic rings. The van der Waals surface area contributed by atoms with Crippen LogP contribution in [0.15, 0.2) is 36.5 Å². The lowest BCUT2D eigenvalue weighted by atomic mass is 10.1. The molecule has 0 bridgehead atoms. The summed E-state index contributed by atoms with van der Waals surface area (Å²) in [4.78, 5) is 16.1. The Labute approximate surface area is 157 Å². The lowest BCUT2D eigenvalue weighted by Crippen LogP contribution is -2.23. The van der Waals surface area contributed by atoms with Gasteiger partial charge in [0, 0.05) is 17.1 Å². The van der Waals surface area contributed by atoms with Crippen LogP contribution in [0, 0.1) is 12.7 Å². The number of nitrogens with zero attached hydrogens (tertiary/aromatic N) is 2. The van der Waals surface area contributed by atoms with E-state index in [0.717, 1.165) is 0 Å². The predicted octanol–water partition coefficient (Wildman–Crippen LogP) is 4.13. The Morgan fingerprint density at radius 3 is 2.64 bits per heavy atom. The average Bonchev–Trinajstić information content (AvgIpc) is 2.97. The molecule has 0 unspecified atom stereocenters. The molecular formula is C19H17F4N3O2. The average molecular weight is 395 g/mol. The highest BCUT2D eigenvalue weighted by Crippen LogP contribution is 2.34. The molecule has 0 fully saturated rings. The summed E-state index contributed by atoms with van der Waals surface area (Å²) in [6, 6.07) is 6.20. The predicted molar refractivity (Wildman–Crippen MR) is 94.8 cm³/mol. The van der Waals surface area contributed by atoms with E-state index >= 15 is 0 Å². The number of ether oxygens (including phenoxy) is 1. The molecule has 1 amide bonds. The van der Waals surface area contributed by atoms with Crippen molar-refractivity contribution in [2.24, 2.45) is 5.73 Å². The number of fused-ring (bicyclic) bond motifs is 1. The molecule has 0 spiro atoms. The molecule has 1 aromatic carbocycles. The van der Waals surface area contributed by atoms with Crippen LogP contribution in [-0.2, 0) is 0 Å². The van der Waals surface area contributed by atoms with Crippen LogP contribution in [0.25, 0.3) is 10.9 Å². The Hall–Kier alpha value is -3.10. The topological polar surface area (TPSA) is 70.1 Å². The molecule has 0 radical (unpaired) electrons. The maximum absolute atomic E-state index is 13.6. The maximum atomic E-state index is 13.6.